The fourth-order valence-electron chi connectivity index (χ4n) is 1.62. The second-order valence-electron chi connectivity index (χ2n) is 4.02. The highest BCUT2D eigenvalue weighted by Gasteiger charge is 2.20. The van der Waals surface area contributed by atoms with Crippen molar-refractivity contribution in [2.75, 3.05) is 0 Å². The smallest absolute Gasteiger partial charge is 0.303 e. The van der Waals surface area contributed by atoms with Crippen LogP contribution < -0.4 is 0 Å². The molecule has 0 saturated heterocycles. The molecule has 0 aromatic heterocycles. The van der Waals surface area contributed by atoms with Crippen LogP contribution in [0.3, 0.4) is 0 Å². The molecule has 0 radical (unpaired) electrons. The number of carboxylic acids is 1. The van der Waals surface area contributed by atoms with Gasteiger partial charge < -0.3 is 10.2 Å². The first kappa shape index (κ1) is 12.6. The molecule has 88 valence electrons. The minimum atomic E-state index is -0.972. The van der Waals surface area contributed by atoms with Gasteiger partial charge in [0, 0.05) is 0 Å². The first-order chi connectivity index (χ1) is 7.41. The van der Waals surface area contributed by atoms with Crippen LogP contribution in [0.4, 0.5) is 4.39 Å². The molecule has 4 heteroatoms. The molecule has 0 aliphatic rings. The number of hydrogen-bond acceptors (Lipinski definition) is 2. The first-order valence-corrected chi connectivity index (χ1v) is 5.07. The Morgan fingerprint density at radius 3 is 2.69 bits per heavy atom. The average Bonchev–Trinajstić information content (AvgIpc) is 2.19. The lowest BCUT2D eigenvalue weighted by Gasteiger charge is -2.19. The molecule has 0 heterocycles. The molecule has 1 aromatic carbocycles. The second kappa shape index (κ2) is 5.07. The molecule has 0 bridgehead atoms. The fraction of sp³-hybridized carbons (Fsp3) is 0.417. The van der Waals surface area contributed by atoms with Gasteiger partial charge in [0.05, 0.1) is 12.5 Å². The molecule has 0 saturated carbocycles. The SMILES string of the molecule is Cc1ccc(F)cc1C(O)C(C)CC(=O)O. The molecular weight excluding hydrogens is 211 g/mol. The lowest BCUT2D eigenvalue weighted by molar-refractivity contribution is -0.139. The van der Waals surface area contributed by atoms with Crippen molar-refractivity contribution in [3.05, 3.63) is 35.1 Å². The van der Waals surface area contributed by atoms with Gasteiger partial charge in [-0.15, -0.1) is 0 Å². The third-order valence-corrected chi connectivity index (χ3v) is 2.60. The van der Waals surface area contributed by atoms with Crippen LogP contribution in [0.1, 0.15) is 30.6 Å². The number of aliphatic hydroxyl groups excluding tert-OH is 1. The van der Waals surface area contributed by atoms with E-state index in [1.54, 1.807) is 19.9 Å². The second-order valence-corrected chi connectivity index (χ2v) is 4.02. The van der Waals surface area contributed by atoms with Crippen molar-refractivity contribution in [2.24, 2.45) is 5.92 Å². The zero-order chi connectivity index (χ0) is 12.3. The molecule has 0 fully saturated rings. The van der Waals surface area contributed by atoms with Gasteiger partial charge in [0.1, 0.15) is 5.82 Å². The van der Waals surface area contributed by atoms with Gasteiger partial charge in [0.25, 0.3) is 0 Å². The lowest BCUT2D eigenvalue weighted by Crippen LogP contribution is -2.14. The van der Waals surface area contributed by atoms with Crippen molar-refractivity contribution in [3.8, 4) is 0 Å². The monoisotopic (exact) mass is 226 g/mol. The maximum Gasteiger partial charge on any atom is 0.303 e. The summed E-state index contributed by atoms with van der Waals surface area (Å²) in [5, 5.41) is 18.5. The Bertz CT molecular complexity index is 390. The van der Waals surface area contributed by atoms with E-state index in [1.165, 1.54) is 12.1 Å². The first-order valence-electron chi connectivity index (χ1n) is 5.07. The molecule has 0 aliphatic carbocycles. The quantitative estimate of drug-likeness (QED) is 0.828. The molecule has 2 N–H and O–H groups in total. The van der Waals surface area contributed by atoms with Gasteiger partial charge in [-0.05, 0) is 36.1 Å². The molecule has 2 atom stereocenters. The number of benzene rings is 1. The zero-order valence-corrected chi connectivity index (χ0v) is 9.27. The average molecular weight is 226 g/mol. The number of carbonyl (C=O) groups is 1. The van der Waals surface area contributed by atoms with Crippen LogP contribution >= 0.6 is 0 Å². The summed E-state index contributed by atoms with van der Waals surface area (Å²) in [6.45, 7) is 3.38. The predicted octanol–water partition coefficient (Wildman–Crippen LogP) is 2.28. The Morgan fingerprint density at radius 2 is 2.12 bits per heavy atom. The minimum Gasteiger partial charge on any atom is -0.481 e. The maximum absolute atomic E-state index is 13.0. The molecule has 1 aromatic rings. The summed E-state index contributed by atoms with van der Waals surface area (Å²) in [4.78, 5) is 10.5. The topological polar surface area (TPSA) is 57.5 Å². The van der Waals surface area contributed by atoms with Gasteiger partial charge in [-0.2, -0.15) is 0 Å². The molecule has 16 heavy (non-hydrogen) atoms. The van der Waals surface area contributed by atoms with E-state index in [-0.39, 0.29) is 6.42 Å². The highest BCUT2D eigenvalue weighted by Crippen LogP contribution is 2.27. The van der Waals surface area contributed by atoms with Crippen molar-refractivity contribution < 1.29 is 19.4 Å². The van der Waals surface area contributed by atoms with Gasteiger partial charge in [-0.25, -0.2) is 4.39 Å². The van der Waals surface area contributed by atoms with E-state index < -0.39 is 23.8 Å². The van der Waals surface area contributed by atoms with E-state index in [9.17, 15) is 14.3 Å². The molecule has 0 aliphatic heterocycles. The van der Waals surface area contributed by atoms with E-state index in [0.717, 1.165) is 5.56 Å². The predicted molar refractivity (Wildman–Crippen MR) is 57.5 cm³/mol. The maximum atomic E-state index is 13.0. The number of hydrogen-bond donors (Lipinski definition) is 2. The van der Waals surface area contributed by atoms with E-state index in [0.29, 0.717) is 5.56 Å². The number of aliphatic carboxylic acids is 1. The van der Waals surface area contributed by atoms with Crippen LogP contribution in [-0.4, -0.2) is 16.2 Å². The molecule has 0 amide bonds. The summed E-state index contributed by atoms with van der Waals surface area (Å²) in [7, 11) is 0. The van der Waals surface area contributed by atoms with Gasteiger partial charge in [-0.1, -0.05) is 13.0 Å². The number of halogens is 1. The Kier molecular flexibility index (Phi) is 4.01. The molecule has 1 rings (SSSR count). The van der Waals surface area contributed by atoms with E-state index in [1.807, 2.05) is 0 Å². The third kappa shape index (κ3) is 3.03. The number of aliphatic hydroxyl groups is 1. The van der Waals surface area contributed by atoms with Gasteiger partial charge in [0.15, 0.2) is 0 Å². The number of aryl methyl sites for hydroxylation is 1. The summed E-state index contributed by atoms with van der Waals surface area (Å²) >= 11 is 0. The third-order valence-electron chi connectivity index (χ3n) is 2.60. The molecular formula is C12H15FO3. The summed E-state index contributed by atoms with van der Waals surface area (Å²) in [5.41, 5.74) is 1.21. The van der Waals surface area contributed by atoms with E-state index in [2.05, 4.69) is 0 Å². The summed E-state index contributed by atoms with van der Waals surface area (Å²) < 4.78 is 13.0. The highest BCUT2D eigenvalue weighted by molar-refractivity contribution is 5.67. The lowest BCUT2D eigenvalue weighted by atomic mass is 9.92. The number of rotatable bonds is 4. The Balaban J connectivity index is 2.90. The van der Waals surface area contributed by atoms with Gasteiger partial charge in [0.2, 0.25) is 0 Å². The van der Waals surface area contributed by atoms with Crippen LogP contribution in [0, 0.1) is 18.7 Å². The van der Waals surface area contributed by atoms with Crippen molar-refractivity contribution in [1.82, 2.24) is 0 Å². The normalized spacial score (nSPS) is 14.5. The molecule has 3 nitrogen and oxygen atoms in total. The Labute approximate surface area is 93.5 Å². The largest absolute Gasteiger partial charge is 0.481 e. The van der Waals surface area contributed by atoms with Crippen LogP contribution in [0.5, 0.6) is 0 Å². The van der Waals surface area contributed by atoms with E-state index >= 15 is 0 Å². The van der Waals surface area contributed by atoms with Crippen LogP contribution in [0.2, 0.25) is 0 Å². The van der Waals surface area contributed by atoms with Crippen LogP contribution in [0.25, 0.3) is 0 Å². The van der Waals surface area contributed by atoms with Crippen LogP contribution in [0.15, 0.2) is 18.2 Å². The summed E-state index contributed by atoms with van der Waals surface area (Å²) in [5.74, 6) is -1.85. The summed E-state index contributed by atoms with van der Waals surface area (Å²) in [6, 6.07) is 4.13. The van der Waals surface area contributed by atoms with E-state index in [4.69, 9.17) is 5.11 Å². The molecule has 2 unspecified atom stereocenters. The summed E-state index contributed by atoms with van der Waals surface area (Å²) in [6.07, 6.45) is -1.09. The van der Waals surface area contributed by atoms with Gasteiger partial charge >= 0.3 is 5.97 Å². The van der Waals surface area contributed by atoms with Crippen molar-refractivity contribution in [1.29, 1.82) is 0 Å². The molecule has 0 spiro atoms. The highest BCUT2D eigenvalue weighted by atomic mass is 19.1. The van der Waals surface area contributed by atoms with Gasteiger partial charge in [-0.3, -0.25) is 4.79 Å². The van der Waals surface area contributed by atoms with Crippen molar-refractivity contribution in [3.63, 3.8) is 0 Å². The van der Waals surface area contributed by atoms with Crippen molar-refractivity contribution in [2.45, 2.75) is 26.4 Å². The minimum absolute atomic E-state index is 0.142. The van der Waals surface area contributed by atoms with Crippen molar-refractivity contribution >= 4 is 5.97 Å². The Hall–Kier alpha value is -1.42. The van der Waals surface area contributed by atoms with Crippen LogP contribution in [-0.2, 0) is 4.79 Å². The number of carboxylic acid groups (broad SMARTS) is 1. The zero-order valence-electron chi connectivity index (χ0n) is 9.27. The standard InChI is InChI=1S/C12H15FO3/c1-7-3-4-9(13)6-10(7)12(16)8(2)5-11(14)15/h3-4,6,8,12,16H,5H2,1-2H3,(H,14,15). The Morgan fingerprint density at radius 1 is 1.50 bits per heavy atom. The fourth-order valence-corrected chi connectivity index (χ4v) is 1.62.